The molecule has 0 saturated heterocycles. The summed E-state index contributed by atoms with van der Waals surface area (Å²) < 4.78 is 12.0. The number of carbonyl (C=O) groups excluding carboxylic acids is 2. The van der Waals surface area contributed by atoms with Crippen LogP contribution in [0.1, 0.15) is 30.6 Å². The molecule has 0 spiro atoms. The summed E-state index contributed by atoms with van der Waals surface area (Å²) in [5.74, 6) is 0.931. The Morgan fingerprint density at radius 1 is 0.935 bits per heavy atom. The third kappa shape index (κ3) is 6.46. The number of hydrogen-bond donors (Lipinski definition) is 2. The zero-order chi connectivity index (χ0) is 22.2. The molecule has 0 unspecified atom stereocenters. The van der Waals surface area contributed by atoms with E-state index in [4.69, 9.17) is 9.47 Å². The molecule has 3 rings (SSSR count). The number of carbonyl (C=O) groups is 2. The first kappa shape index (κ1) is 22.6. The van der Waals surface area contributed by atoms with E-state index in [1.165, 1.54) is 0 Å². The van der Waals surface area contributed by atoms with Crippen molar-refractivity contribution in [3.63, 3.8) is 0 Å². The number of nitrogens with one attached hydrogen (secondary N) is 2. The highest BCUT2D eigenvalue weighted by Crippen LogP contribution is 2.27. The van der Waals surface area contributed by atoms with E-state index in [2.05, 4.69) is 40.6 Å². The number of rotatable bonds is 8. The van der Waals surface area contributed by atoms with Gasteiger partial charge < -0.3 is 9.47 Å². The highest BCUT2D eigenvalue weighted by molar-refractivity contribution is 9.10. The molecule has 31 heavy (non-hydrogen) atoms. The first-order valence-electron chi connectivity index (χ1n) is 10.1. The van der Waals surface area contributed by atoms with E-state index in [9.17, 15) is 9.59 Å². The summed E-state index contributed by atoms with van der Waals surface area (Å²) in [6, 6.07) is 18.4. The molecule has 7 heteroatoms. The van der Waals surface area contributed by atoms with Crippen LogP contribution in [-0.4, -0.2) is 25.0 Å². The van der Waals surface area contributed by atoms with Crippen LogP contribution in [0.5, 0.6) is 11.5 Å². The van der Waals surface area contributed by atoms with Crippen LogP contribution in [0.15, 0.2) is 65.1 Å². The van der Waals surface area contributed by atoms with Crippen LogP contribution in [0.3, 0.4) is 0 Å². The van der Waals surface area contributed by atoms with Gasteiger partial charge in [0.05, 0.1) is 11.1 Å². The Balaban J connectivity index is 1.49. The first-order valence-corrected chi connectivity index (χ1v) is 10.9. The van der Waals surface area contributed by atoms with Gasteiger partial charge in [0.15, 0.2) is 6.61 Å². The van der Waals surface area contributed by atoms with Crippen molar-refractivity contribution in [2.45, 2.75) is 20.3 Å². The van der Waals surface area contributed by atoms with Gasteiger partial charge in [0, 0.05) is 10.9 Å². The lowest BCUT2D eigenvalue weighted by Crippen LogP contribution is -2.43. The van der Waals surface area contributed by atoms with Gasteiger partial charge in [-0.05, 0) is 57.9 Å². The summed E-state index contributed by atoms with van der Waals surface area (Å²) in [6.07, 6.45) is 0.946. The molecular weight excluding hydrogens is 460 g/mol. The van der Waals surface area contributed by atoms with Crippen LogP contribution in [0.4, 0.5) is 0 Å². The van der Waals surface area contributed by atoms with Gasteiger partial charge in [-0.1, -0.05) is 50.2 Å². The Hall–Kier alpha value is -3.06. The molecule has 0 aromatic heterocycles. The second-order valence-electron chi connectivity index (χ2n) is 7.44. The van der Waals surface area contributed by atoms with E-state index >= 15 is 0 Å². The lowest BCUT2D eigenvalue weighted by atomic mass is 10.1. The SMILES string of the molecule is CC(C)CCOc1ccc(C(=O)NNC(=O)COc2cccc3ccccc23)cc1Br. The molecule has 0 atom stereocenters. The number of benzene rings is 3. The van der Waals surface area contributed by atoms with E-state index in [1.807, 2.05) is 36.4 Å². The molecular formula is C24H25BrN2O4. The summed E-state index contributed by atoms with van der Waals surface area (Å²) in [6.45, 7) is 4.65. The minimum Gasteiger partial charge on any atom is -0.492 e. The Labute approximate surface area is 190 Å². The number of fused-ring (bicyclic) bond motifs is 1. The monoisotopic (exact) mass is 484 g/mol. The van der Waals surface area contributed by atoms with Crippen molar-refractivity contribution in [2.75, 3.05) is 13.2 Å². The van der Waals surface area contributed by atoms with Gasteiger partial charge in [0.1, 0.15) is 11.5 Å². The van der Waals surface area contributed by atoms with Crippen LogP contribution in [0, 0.1) is 5.92 Å². The fraction of sp³-hybridized carbons (Fsp3) is 0.250. The highest BCUT2D eigenvalue weighted by Gasteiger charge is 2.11. The normalized spacial score (nSPS) is 10.7. The molecule has 2 amide bonds. The van der Waals surface area contributed by atoms with Crippen LogP contribution in [-0.2, 0) is 4.79 Å². The molecule has 6 nitrogen and oxygen atoms in total. The average molecular weight is 485 g/mol. The number of hydrogen-bond acceptors (Lipinski definition) is 4. The molecule has 0 radical (unpaired) electrons. The minimum atomic E-state index is -0.464. The van der Waals surface area contributed by atoms with E-state index in [0.29, 0.717) is 34.1 Å². The largest absolute Gasteiger partial charge is 0.492 e. The summed E-state index contributed by atoms with van der Waals surface area (Å²) >= 11 is 3.42. The molecule has 0 heterocycles. The summed E-state index contributed by atoms with van der Waals surface area (Å²) in [5, 5.41) is 1.94. The molecule has 162 valence electrons. The summed E-state index contributed by atoms with van der Waals surface area (Å²) in [7, 11) is 0. The van der Waals surface area contributed by atoms with Crippen LogP contribution in [0.25, 0.3) is 10.8 Å². The van der Waals surface area contributed by atoms with Crippen molar-refractivity contribution in [3.05, 3.63) is 70.7 Å². The lowest BCUT2D eigenvalue weighted by molar-refractivity contribution is -0.123. The fourth-order valence-corrected chi connectivity index (χ4v) is 3.36. The molecule has 2 N–H and O–H groups in total. The maximum absolute atomic E-state index is 12.3. The van der Waals surface area contributed by atoms with Crippen molar-refractivity contribution < 1.29 is 19.1 Å². The van der Waals surface area contributed by atoms with Gasteiger partial charge >= 0.3 is 0 Å². The molecule has 0 aliphatic carbocycles. The zero-order valence-corrected chi connectivity index (χ0v) is 19.1. The third-order valence-corrected chi connectivity index (χ3v) is 5.19. The standard InChI is InChI=1S/C24H25BrN2O4/c1-16(2)12-13-30-22-11-10-18(14-20(22)25)24(29)27-26-23(28)15-31-21-9-5-7-17-6-3-4-8-19(17)21/h3-11,14,16H,12-13,15H2,1-2H3,(H,26,28)(H,27,29). The molecule has 0 aliphatic heterocycles. The Bertz CT molecular complexity index is 1060. The van der Waals surface area contributed by atoms with Crippen molar-refractivity contribution >= 4 is 38.5 Å². The summed E-state index contributed by atoms with van der Waals surface area (Å²) in [5.41, 5.74) is 5.15. The molecule has 0 aliphatic rings. The van der Waals surface area contributed by atoms with Crippen molar-refractivity contribution in [1.82, 2.24) is 10.9 Å². The quantitative estimate of drug-likeness (QED) is 0.447. The van der Waals surface area contributed by atoms with Gasteiger partial charge in [-0.25, -0.2) is 0 Å². The maximum atomic E-state index is 12.3. The molecule has 3 aromatic rings. The lowest BCUT2D eigenvalue weighted by Gasteiger charge is -2.12. The van der Waals surface area contributed by atoms with Gasteiger partial charge in [-0.2, -0.15) is 0 Å². The predicted molar refractivity (Wildman–Crippen MR) is 124 cm³/mol. The van der Waals surface area contributed by atoms with E-state index < -0.39 is 11.8 Å². The van der Waals surface area contributed by atoms with Gasteiger partial charge in [0.25, 0.3) is 11.8 Å². The van der Waals surface area contributed by atoms with Crippen molar-refractivity contribution in [2.24, 2.45) is 5.92 Å². The van der Waals surface area contributed by atoms with Gasteiger partial charge in [-0.15, -0.1) is 0 Å². The fourth-order valence-electron chi connectivity index (χ4n) is 2.86. The topological polar surface area (TPSA) is 76.7 Å². The van der Waals surface area contributed by atoms with Gasteiger partial charge in [-0.3, -0.25) is 20.4 Å². The van der Waals surface area contributed by atoms with E-state index in [0.717, 1.165) is 17.2 Å². The Morgan fingerprint density at radius 3 is 2.48 bits per heavy atom. The summed E-state index contributed by atoms with van der Waals surface area (Å²) in [4.78, 5) is 24.4. The predicted octanol–water partition coefficient (Wildman–Crippen LogP) is 4.87. The number of hydrazine groups is 1. The number of amides is 2. The Kier molecular flexibility index (Phi) is 7.89. The first-order chi connectivity index (χ1) is 14.9. The second-order valence-corrected chi connectivity index (χ2v) is 8.30. The van der Waals surface area contributed by atoms with Crippen LogP contribution in [0.2, 0.25) is 0 Å². The maximum Gasteiger partial charge on any atom is 0.276 e. The number of ether oxygens (including phenoxy) is 2. The average Bonchev–Trinajstić information content (AvgIpc) is 2.76. The smallest absolute Gasteiger partial charge is 0.276 e. The third-order valence-electron chi connectivity index (χ3n) is 4.57. The van der Waals surface area contributed by atoms with Crippen molar-refractivity contribution in [1.29, 1.82) is 0 Å². The highest BCUT2D eigenvalue weighted by atomic mass is 79.9. The minimum absolute atomic E-state index is 0.222. The molecule has 0 bridgehead atoms. The second kappa shape index (κ2) is 10.8. The van der Waals surface area contributed by atoms with E-state index in [1.54, 1.807) is 24.3 Å². The molecule has 0 saturated carbocycles. The Morgan fingerprint density at radius 2 is 1.71 bits per heavy atom. The van der Waals surface area contributed by atoms with Crippen LogP contribution >= 0.6 is 15.9 Å². The van der Waals surface area contributed by atoms with Crippen LogP contribution < -0.4 is 20.3 Å². The van der Waals surface area contributed by atoms with Crippen molar-refractivity contribution in [3.8, 4) is 11.5 Å². The number of halogens is 1. The zero-order valence-electron chi connectivity index (χ0n) is 17.5. The van der Waals surface area contributed by atoms with Gasteiger partial charge in [0.2, 0.25) is 0 Å². The molecule has 3 aromatic carbocycles. The molecule has 0 fully saturated rings. The van der Waals surface area contributed by atoms with E-state index in [-0.39, 0.29) is 6.61 Å².